The van der Waals surface area contributed by atoms with Gasteiger partial charge in [0, 0.05) is 15.6 Å². The Hall–Kier alpha value is -2.79. The number of aromatic hydroxyl groups is 1. The minimum absolute atomic E-state index is 0.0398. The first-order valence-corrected chi connectivity index (χ1v) is 9.48. The molecular weight excluding hydrogens is 496 g/mol. The van der Waals surface area contributed by atoms with Gasteiger partial charge in [0.05, 0.1) is 17.8 Å². The van der Waals surface area contributed by atoms with E-state index in [1.165, 1.54) is 18.1 Å². The van der Waals surface area contributed by atoms with Crippen molar-refractivity contribution in [1.29, 1.82) is 0 Å². The van der Waals surface area contributed by atoms with Gasteiger partial charge in [0.1, 0.15) is 6.54 Å². The molecule has 2 N–H and O–H groups in total. The second kappa shape index (κ2) is 8.93. The summed E-state index contributed by atoms with van der Waals surface area (Å²) in [6.45, 7) is -0.138. The van der Waals surface area contributed by atoms with E-state index in [0.29, 0.717) is 20.3 Å². The zero-order valence-electron chi connectivity index (χ0n) is 14.5. The van der Waals surface area contributed by atoms with Gasteiger partial charge in [-0.1, -0.05) is 30.3 Å². The van der Waals surface area contributed by atoms with E-state index in [-0.39, 0.29) is 18.0 Å². The van der Waals surface area contributed by atoms with E-state index in [1.54, 1.807) is 6.07 Å². The second-order valence-electron chi connectivity index (χ2n) is 5.45. The number of methoxy groups -OCH3 is 1. The molecule has 0 saturated heterocycles. The summed E-state index contributed by atoms with van der Waals surface area (Å²) in [4.78, 5) is 13.2. The van der Waals surface area contributed by atoms with Gasteiger partial charge < -0.3 is 9.84 Å². The summed E-state index contributed by atoms with van der Waals surface area (Å²) in [6.07, 6.45) is 1.42. The standard InChI is InChI=1S/C17H14Br2N6O3/c1-28-12-7-11(14(18)15(19)16(12)27)8-20-21-13(26)9-25-23-17(22-24-25)10-5-3-2-4-6-10/h2-8,27H,9H2,1H3,(H,21,26)/b20-8+. The van der Waals surface area contributed by atoms with E-state index in [9.17, 15) is 9.90 Å². The van der Waals surface area contributed by atoms with Crippen LogP contribution in [0.2, 0.25) is 0 Å². The molecule has 0 aliphatic carbocycles. The van der Waals surface area contributed by atoms with Crippen LogP contribution in [0.1, 0.15) is 5.56 Å². The Kier molecular flexibility index (Phi) is 6.37. The molecule has 0 radical (unpaired) electrons. The first kappa shape index (κ1) is 20.0. The van der Waals surface area contributed by atoms with Crippen molar-refractivity contribution in [3.05, 3.63) is 50.9 Å². The fourth-order valence-corrected chi connectivity index (χ4v) is 3.04. The van der Waals surface area contributed by atoms with Crippen molar-refractivity contribution in [2.75, 3.05) is 7.11 Å². The van der Waals surface area contributed by atoms with Crippen LogP contribution in [-0.4, -0.2) is 44.5 Å². The first-order chi connectivity index (χ1) is 13.5. The third kappa shape index (κ3) is 4.54. The predicted octanol–water partition coefficient (Wildman–Crippen LogP) is 2.73. The lowest BCUT2D eigenvalue weighted by atomic mass is 10.2. The number of aromatic nitrogens is 4. The third-order valence-electron chi connectivity index (χ3n) is 3.56. The Morgan fingerprint density at radius 3 is 2.79 bits per heavy atom. The Morgan fingerprint density at radius 2 is 2.07 bits per heavy atom. The van der Waals surface area contributed by atoms with Crippen LogP contribution < -0.4 is 10.2 Å². The Balaban J connectivity index is 1.64. The fourth-order valence-electron chi connectivity index (χ4n) is 2.21. The minimum Gasteiger partial charge on any atom is -0.503 e. The van der Waals surface area contributed by atoms with Gasteiger partial charge in [-0.15, -0.1) is 10.2 Å². The van der Waals surface area contributed by atoms with E-state index >= 15 is 0 Å². The van der Waals surface area contributed by atoms with Crippen LogP contribution in [0.25, 0.3) is 11.4 Å². The second-order valence-corrected chi connectivity index (χ2v) is 7.03. The molecule has 0 atom stereocenters. The molecule has 0 aliphatic rings. The summed E-state index contributed by atoms with van der Waals surface area (Å²) in [5, 5.41) is 25.8. The lowest BCUT2D eigenvalue weighted by molar-refractivity contribution is -0.122. The molecule has 0 bridgehead atoms. The zero-order valence-corrected chi connectivity index (χ0v) is 17.7. The van der Waals surface area contributed by atoms with Crippen LogP contribution in [0.5, 0.6) is 11.5 Å². The number of ether oxygens (including phenoxy) is 1. The van der Waals surface area contributed by atoms with Gasteiger partial charge in [0.2, 0.25) is 5.82 Å². The molecule has 2 aromatic carbocycles. The number of nitrogens with one attached hydrogen (secondary N) is 1. The molecule has 3 rings (SSSR count). The molecule has 0 unspecified atom stereocenters. The molecule has 11 heteroatoms. The van der Waals surface area contributed by atoms with Gasteiger partial charge in [-0.25, -0.2) is 5.43 Å². The molecule has 1 heterocycles. The van der Waals surface area contributed by atoms with Crippen molar-refractivity contribution in [3.8, 4) is 22.9 Å². The topological polar surface area (TPSA) is 115 Å². The van der Waals surface area contributed by atoms with Gasteiger partial charge in [0.25, 0.3) is 5.91 Å². The maximum atomic E-state index is 12.0. The number of phenols is 1. The molecule has 0 fully saturated rings. The lowest BCUT2D eigenvalue weighted by Gasteiger charge is -2.09. The number of amides is 1. The summed E-state index contributed by atoms with van der Waals surface area (Å²) in [5.41, 5.74) is 3.79. The molecule has 1 amide bonds. The van der Waals surface area contributed by atoms with E-state index < -0.39 is 5.91 Å². The highest BCUT2D eigenvalue weighted by Gasteiger charge is 2.14. The number of halogens is 2. The summed E-state index contributed by atoms with van der Waals surface area (Å²) in [6, 6.07) is 10.9. The van der Waals surface area contributed by atoms with Crippen LogP contribution in [-0.2, 0) is 11.3 Å². The van der Waals surface area contributed by atoms with E-state index in [2.05, 4.69) is 57.8 Å². The molecule has 28 heavy (non-hydrogen) atoms. The van der Waals surface area contributed by atoms with E-state index in [4.69, 9.17) is 4.74 Å². The monoisotopic (exact) mass is 508 g/mol. The van der Waals surface area contributed by atoms with Gasteiger partial charge in [-0.05, 0) is 43.1 Å². The Labute approximate surface area is 176 Å². The van der Waals surface area contributed by atoms with E-state index in [1.807, 2.05) is 30.3 Å². The Bertz CT molecular complexity index is 1020. The molecule has 3 aromatic rings. The number of phenolic OH excluding ortho intramolecular Hbond substituents is 1. The van der Waals surface area contributed by atoms with Crippen LogP contribution in [0.3, 0.4) is 0 Å². The van der Waals surface area contributed by atoms with Crippen molar-refractivity contribution < 1.29 is 14.6 Å². The predicted molar refractivity (Wildman–Crippen MR) is 109 cm³/mol. The molecule has 0 aliphatic heterocycles. The number of nitrogens with zero attached hydrogens (tertiary/aromatic N) is 5. The van der Waals surface area contributed by atoms with Crippen LogP contribution in [0.4, 0.5) is 0 Å². The average molecular weight is 510 g/mol. The van der Waals surface area contributed by atoms with E-state index in [0.717, 1.165) is 5.56 Å². The minimum atomic E-state index is -0.422. The molecule has 1 aromatic heterocycles. The number of carbonyl (C=O) groups excluding carboxylic acids is 1. The fraction of sp³-hybridized carbons (Fsp3) is 0.118. The lowest BCUT2D eigenvalue weighted by Crippen LogP contribution is -2.24. The summed E-state index contributed by atoms with van der Waals surface area (Å²) in [7, 11) is 1.44. The van der Waals surface area contributed by atoms with Gasteiger partial charge in [-0.3, -0.25) is 4.79 Å². The van der Waals surface area contributed by atoms with Crippen LogP contribution in [0, 0.1) is 0 Å². The summed E-state index contributed by atoms with van der Waals surface area (Å²) in [5.74, 6) is 0.237. The third-order valence-corrected chi connectivity index (χ3v) is 5.72. The molecular formula is C17H14Br2N6O3. The number of hydrogen-bond acceptors (Lipinski definition) is 7. The average Bonchev–Trinajstić information content (AvgIpc) is 3.17. The molecule has 0 spiro atoms. The van der Waals surface area contributed by atoms with Crippen molar-refractivity contribution in [2.45, 2.75) is 6.54 Å². The quantitative estimate of drug-likeness (QED) is 0.390. The first-order valence-electron chi connectivity index (χ1n) is 7.89. The Morgan fingerprint density at radius 1 is 1.32 bits per heavy atom. The normalized spacial score (nSPS) is 11.0. The van der Waals surface area contributed by atoms with Crippen molar-refractivity contribution in [3.63, 3.8) is 0 Å². The summed E-state index contributed by atoms with van der Waals surface area (Å²) < 4.78 is 6.07. The number of rotatable bonds is 6. The van der Waals surface area contributed by atoms with Crippen LogP contribution in [0.15, 0.2) is 50.4 Å². The van der Waals surface area contributed by atoms with Gasteiger partial charge >= 0.3 is 0 Å². The molecule has 9 nitrogen and oxygen atoms in total. The summed E-state index contributed by atoms with van der Waals surface area (Å²) >= 11 is 6.60. The van der Waals surface area contributed by atoms with Crippen molar-refractivity contribution in [2.24, 2.45) is 5.10 Å². The van der Waals surface area contributed by atoms with Gasteiger partial charge in [0.15, 0.2) is 11.5 Å². The maximum absolute atomic E-state index is 12.0. The number of benzene rings is 2. The van der Waals surface area contributed by atoms with Crippen molar-refractivity contribution in [1.82, 2.24) is 25.6 Å². The number of hydrazone groups is 1. The number of hydrogen-bond donors (Lipinski definition) is 2. The van der Waals surface area contributed by atoms with Crippen LogP contribution >= 0.6 is 31.9 Å². The number of tetrazole rings is 1. The van der Waals surface area contributed by atoms with Crippen molar-refractivity contribution >= 4 is 44.0 Å². The van der Waals surface area contributed by atoms with Gasteiger partial charge in [-0.2, -0.15) is 9.90 Å². The molecule has 144 valence electrons. The zero-order chi connectivity index (χ0) is 20.1. The largest absolute Gasteiger partial charge is 0.503 e. The smallest absolute Gasteiger partial charge is 0.263 e. The highest BCUT2D eigenvalue weighted by molar-refractivity contribution is 9.13. The SMILES string of the molecule is COc1cc(/C=N/NC(=O)Cn2nnc(-c3ccccc3)n2)c(Br)c(Br)c1O. The number of carbonyl (C=O) groups is 1. The highest BCUT2D eigenvalue weighted by atomic mass is 79.9. The highest BCUT2D eigenvalue weighted by Crippen LogP contribution is 2.41. The maximum Gasteiger partial charge on any atom is 0.263 e. The molecule has 0 saturated carbocycles.